The Bertz CT molecular complexity index is 560. The summed E-state index contributed by atoms with van der Waals surface area (Å²) < 4.78 is 26.6. The Hall–Kier alpha value is -1.78. The van der Waals surface area contributed by atoms with E-state index in [9.17, 15) is 13.9 Å². The molecule has 2 aromatic carbocycles. The third kappa shape index (κ3) is 3.40. The summed E-state index contributed by atoms with van der Waals surface area (Å²) in [6, 6.07) is 12.3. The Kier molecular flexibility index (Phi) is 4.82. The second kappa shape index (κ2) is 6.59. The van der Waals surface area contributed by atoms with Gasteiger partial charge in [0.1, 0.15) is 11.6 Å². The molecule has 2 nitrogen and oxygen atoms in total. The monoisotopic (exact) mass is 277 g/mol. The van der Waals surface area contributed by atoms with E-state index in [2.05, 4.69) is 5.32 Å². The molecule has 106 valence electrons. The smallest absolute Gasteiger partial charge is 0.130 e. The van der Waals surface area contributed by atoms with Gasteiger partial charge in [-0.1, -0.05) is 36.4 Å². The molecule has 2 rings (SSSR count). The molecule has 0 aliphatic rings. The van der Waals surface area contributed by atoms with Gasteiger partial charge < -0.3 is 10.4 Å². The minimum absolute atomic E-state index is 0.100. The fraction of sp³-hybridized carbons (Fsp3) is 0.250. The Morgan fingerprint density at radius 2 is 1.80 bits per heavy atom. The summed E-state index contributed by atoms with van der Waals surface area (Å²) in [5.41, 5.74) is 1.30. The van der Waals surface area contributed by atoms with Gasteiger partial charge >= 0.3 is 0 Å². The van der Waals surface area contributed by atoms with E-state index in [0.717, 1.165) is 11.6 Å². The van der Waals surface area contributed by atoms with Crippen molar-refractivity contribution in [1.29, 1.82) is 0 Å². The zero-order valence-electron chi connectivity index (χ0n) is 11.2. The second-order valence-electron chi connectivity index (χ2n) is 4.70. The molecule has 0 saturated carbocycles. The molecule has 2 N–H and O–H groups in total. The predicted molar refractivity (Wildman–Crippen MR) is 74.2 cm³/mol. The highest BCUT2D eigenvalue weighted by molar-refractivity contribution is 5.24. The van der Waals surface area contributed by atoms with Gasteiger partial charge in [0.15, 0.2) is 0 Å². The molecule has 0 radical (unpaired) electrons. The molecule has 4 heteroatoms. The normalized spacial score (nSPS) is 14.0. The number of hydrogen-bond donors (Lipinski definition) is 2. The first-order valence-corrected chi connectivity index (χ1v) is 6.48. The van der Waals surface area contributed by atoms with E-state index in [0.29, 0.717) is 5.56 Å². The van der Waals surface area contributed by atoms with Crippen LogP contribution in [0.3, 0.4) is 0 Å². The van der Waals surface area contributed by atoms with Gasteiger partial charge in [-0.05, 0) is 18.6 Å². The van der Waals surface area contributed by atoms with E-state index in [-0.39, 0.29) is 18.7 Å². The number of rotatable bonds is 5. The average Bonchev–Trinajstić information content (AvgIpc) is 2.45. The zero-order valence-corrected chi connectivity index (χ0v) is 11.2. The summed E-state index contributed by atoms with van der Waals surface area (Å²) in [7, 11) is 0. The van der Waals surface area contributed by atoms with Crippen LogP contribution >= 0.6 is 0 Å². The Balaban J connectivity index is 2.15. The molecular weight excluding hydrogens is 260 g/mol. The maximum absolute atomic E-state index is 13.7. The predicted octanol–water partition coefficient (Wildman–Crippen LogP) is 3.35. The van der Waals surface area contributed by atoms with Gasteiger partial charge in [0.05, 0.1) is 12.6 Å². The number of hydrogen-bond acceptors (Lipinski definition) is 2. The first kappa shape index (κ1) is 14.6. The molecule has 2 aromatic rings. The lowest BCUT2D eigenvalue weighted by Crippen LogP contribution is -2.27. The molecular formula is C16H17F2NO. The zero-order chi connectivity index (χ0) is 14.5. The van der Waals surface area contributed by atoms with E-state index in [1.54, 1.807) is 6.92 Å². The molecule has 0 aliphatic carbocycles. The van der Waals surface area contributed by atoms with E-state index in [1.165, 1.54) is 12.1 Å². The van der Waals surface area contributed by atoms with Crippen molar-refractivity contribution in [2.45, 2.75) is 19.0 Å². The van der Waals surface area contributed by atoms with Gasteiger partial charge in [-0.15, -0.1) is 0 Å². The molecule has 0 aromatic heterocycles. The van der Waals surface area contributed by atoms with Crippen molar-refractivity contribution in [2.24, 2.45) is 0 Å². The van der Waals surface area contributed by atoms with Crippen molar-refractivity contribution in [3.63, 3.8) is 0 Å². The summed E-state index contributed by atoms with van der Waals surface area (Å²) in [5.74, 6) is -1.19. The van der Waals surface area contributed by atoms with E-state index < -0.39 is 11.6 Å². The lowest BCUT2D eigenvalue weighted by atomic mass is 10.0. The fourth-order valence-electron chi connectivity index (χ4n) is 2.18. The minimum atomic E-state index is -0.597. The van der Waals surface area contributed by atoms with Crippen LogP contribution in [0.4, 0.5) is 8.78 Å². The number of halogens is 2. The molecule has 0 fully saturated rings. The van der Waals surface area contributed by atoms with Crippen molar-refractivity contribution < 1.29 is 13.9 Å². The fourth-order valence-corrected chi connectivity index (χ4v) is 2.18. The highest BCUT2D eigenvalue weighted by Gasteiger charge is 2.17. The summed E-state index contributed by atoms with van der Waals surface area (Å²) in [4.78, 5) is 0. The van der Waals surface area contributed by atoms with Gasteiger partial charge in [-0.2, -0.15) is 0 Å². The molecule has 20 heavy (non-hydrogen) atoms. The largest absolute Gasteiger partial charge is 0.394 e. The third-order valence-electron chi connectivity index (χ3n) is 3.26. The maximum atomic E-state index is 13.7. The molecule has 0 bridgehead atoms. The van der Waals surface area contributed by atoms with E-state index >= 15 is 0 Å². The Labute approximate surface area is 117 Å². The van der Waals surface area contributed by atoms with Crippen LogP contribution in [0.2, 0.25) is 0 Å². The van der Waals surface area contributed by atoms with Crippen molar-refractivity contribution in [3.05, 3.63) is 71.3 Å². The standard InChI is InChI=1S/C16H17F2NO/c1-11(14-8-7-13(17)9-15(14)18)19-16(10-20)12-5-3-2-4-6-12/h2-9,11,16,19-20H,10H2,1H3/t11?,16-/m0/s1. The minimum Gasteiger partial charge on any atom is -0.394 e. The Morgan fingerprint density at radius 1 is 1.10 bits per heavy atom. The highest BCUT2D eigenvalue weighted by atomic mass is 19.1. The van der Waals surface area contributed by atoms with Gasteiger partial charge in [0.2, 0.25) is 0 Å². The number of aliphatic hydroxyl groups is 1. The van der Waals surface area contributed by atoms with Crippen molar-refractivity contribution in [1.82, 2.24) is 5.32 Å². The second-order valence-corrected chi connectivity index (χ2v) is 4.70. The van der Waals surface area contributed by atoms with E-state index in [4.69, 9.17) is 0 Å². The van der Waals surface area contributed by atoms with Crippen LogP contribution in [-0.2, 0) is 0 Å². The summed E-state index contributed by atoms with van der Waals surface area (Å²) in [5, 5.41) is 12.6. The molecule has 0 amide bonds. The van der Waals surface area contributed by atoms with Crippen LogP contribution < -0.4 is 5.32 Å². The number of nitrogens with one attached hydrogen (secondary N) is 1. The van der Waals surface area contributed by atoms with Crippen molar-refractivity contribution in [3.8, 4) is 0 Å². The van der Waals surface area contributed by atoms with Crippen LogP contribution in [0.1, 0.15) is 30.1 Å². The Morgan fingerprint density at radius 3 is 2.40 bits per heavy atom. The van der Waals surface area contributed by atoms with Gasteiger partial charge in [0, 0.05) is 17.7 Å². The quantitative estimate of drug-likeness (QED) is 0.878. The van der Waals surface area contributed by atoms with Crippen LogP contribution in [0.25, 0.3) is 0 Å². The van der Waals surface area contributed by atoms with Crippen LogP contribution in [-0.4, -0.2) is 11.7 Å². The van der Waals surface area contributed by atoms with Crippen LogP contribution in [0, 0.1) is 11.6 Å². The van der Waals surface area contributed by atoms with Gasteiger partial charge in [0.25, 0.3) is 0 Å². The third-order valence-corrected chi connectivity index (χ3v) is 3.26. The average molecular weight is 277 g/mol. The molecule has 0 saturated heterocycles. The molecule has 1 unspecified atom stereocenters. The van der Waals surface area contributed by atoms with Gasteiger partial charge in [-0.25, -0.2) is 8.78 Å². The summed E-state index contributed by atoms with van der Waals surface area (Å²) in [6.45, 7) is 1.68. The molecule has 2 atom stereocenters. The highest BCUT2D eigenvalue weighted by Crippen LogP contribution is 2.22. The number of aliphatic hydroxyl groups excluding tert-OH is 1. The SMILES string of the molecule is CC(N[C@@H](CO)c1ccccc1)c1ccc(F)cc1F. The topological polar surface area (TPSA) is 32.3 Å². The first-order chi connectivity index (χ1) is 9.61. The summed E-state index contributed by atoms with van der Waals surface area (Å²) >= 11 is 0. The summed E-state index contributed by atoms with van der Waals surface area (Å²) in [6.07, 6.45) is 0. The lowest BCUT2D eigenvalue weighted by molar-refractivity contribution is 0.234. The van der Waals surface area contributed by atoms with E-state index in [1.807, 2.05) is 30.3 Å². The maximum Gasteiger partial charge on any atom is 0.130 e. The van der Waals surface area contributed by atoms with Gasteiger partial charge in [-0.3, -0.25) is 0 Å². The molecule has 0 aliphatic heterocycles. The molecule has 0 spiro atoms. The van der Waals surface area contributed by atoms with Crippen LogP contribution in [0.15, 0.2) is 48.5 Å². The van der Waals surface area contributed by atoms with Crippen molar-refractivity contribution >= 4 is 0 Å². The van der Waals surface area contributed by atoms with Crippen molar-refractivity contribution in [2.75, 3.05) is 6.61 Å². The number of benzene rings is 2. The molecule has 0 heterocycles. The lowest BCUT2D eigenvalue weighted by Gasteiger charge is -2.22. The van der Waals surface area contributed by atoms with Crippen LogP contribution in [0.5, 0.6) is 0 Å². The first-order valence-electron chi connectivity index (χ1n) is 6.48.